The smallest absolute Gasteiger partial charge is 0.441 e. The van der Waals surface area contributed by atoms with Crippen molar-refractivity contribution < 1.29 is 43.1 Å². The SMILES string of the molecule is OC[C@H]1O[C@@H](OC(=Nc2ccccc2)C(F)(F)F)[C@H](O)[C@@H](O)[C@@H]1O. The van der Waals surface area contributed by atoms with Gasteiger partial charge in [-0.3, -0.25) is 0 Å². The maximum atomic E-state index is 13.1. The van der Waals surface area contributed by atoms with E-state index in [0.29, 0.717) is 0 Å². The molecule has 0 amide bonds. The van der Waals surface area contributed by atoms with Gasteiger partial charge >= 0.3 is 6.18 Å². The van der Waals surface area contributed by atoms with Gasteiger partial charge in [0.1, 0.15) is 24.4 Å². The van der Waals surface area contributed by atoms with E-state index in [1.54, 1.807) is 6.07 Å². The Morgan fingerprint density at radius 1 is 1.08 bits per heavy atom. The molecule has 10 heteroatoms. The van der Waals surface area contributed by atoms with Crippen LogP contribution in [0.25, 0.3) is 0 Å². The van der Waals surface area contributed by atoms with Gasteiger partial charge in [-0.1, -0.05) is 18.2 Å². The number of hydrogen-bond donors (Lipinski definition) is 4. The summed E-state index contributed by atoms with van der Waals surface area (Å²) < 4.78 is 48.7. The van der Waals surface area contributed by atoms with Crippen molar-refractivity contribution in [3.63, 3.8) is 0 Å². The molecule has 5 atom stereocenters. The molecule has 1 aromatic rings. The number of ether oxygens (including phenoxy) is 2. The van der Waals surface area contributed by atoms with E-state index in [-0.39, 0.29) is 5.69 Å². The number of aliphatic imine (C=N–C) groups is 1. The fraction of sp³-hybridized carbons (Fsp3) is 0.500. The van der Waals surface area contributed by atoms with Gasteiger partial charge in [0.15, 0.2) is 0 Å². The number of alkyl halides is 3. The lowest BCUT2D eigenvalue weighted by Gasteiger charge is -2.39. The first-order valence-electron chi connectivity index (χ1n) is 6.92. The van der Waals surface area contributed by atoms with Gasteiger partial charge in [-0.15, -0.1) is 0 Å². The molecule has 1 aliphatic heterocycles. The molecule has 1 aliphatic rings. The Morgan fingerprint density at radius 3 is 2.25 bits per heavy atom. The highest BCUT2D eigenvalue weighted by molar-refractivity contribution is 5.84. The van der Waals surface area contributed by atoms with Crippen LogP contribution in [0, 0.1) is 0 Å². The quantitative estimate of drug-likeness (QED) is 0.454. The molecule has 2 rings (SSSR count). The fourth-order valence-corrected chi connectivity index (χ4v) is 2.05. The van der Waals surface area contributed by atoms with Crippen LogP contribution >= 0.6 is 0 Å². The van der Waals surface area contributed by atoms with Gasteiger partial charge in [-0.25, -0.2) is 4.99 Å². The molecule has 4 N–H and O–H groups in total. The van der Waals surface area contributed by atoms with E-state index in [2.05, 4.69) is 9.73 Å². The molecule has 1 saturated heterocycles. The average Bonchev–Trinajstić information content (AvgIpc) is 2.54. The topological polar surface area (TPSA) is 112 Å². The highest BCUT2D eigenvalue weighted by Gasteiger charge is 2.48. The molecule has 0 aliphatic carbocycles. The van der Waals surface area contributed by atoms with Crippen molar-refractivity contribution in [3.8, 4) is 0 Å². The monoisotopic (exact) mass is 351 g/mol. The maximum Gasteiger partial charge on any atom is 0.468 e. The van der Waals surface area contributed by atoms with E-state index in [0.717, 1.165) is 0 Å². The van der Waals surface area contributed by atoms with Gasteiger partial charge in [0.25, 0.3) is 5.90 Å². The highest BCUT2D eigenvalue weighted by atomic mass is 19.4. The summed E-state index contributed by atoms with van der Waals surface area (Å²) >= 11 is 0. The van der Waals surface area contributed by atoms with E-state index >= 15 is 0 Å². The third kappa shape index (κ3) is 4.22. The second-order valence-corrected chi connectivity index (χ2v) is 5.07. The zero-order valence-electron chi connectivity index (χ0n) is 12.2. The van der Waals surface area contributed by atoms with E-state index in [1.807, 2.05) is 0 Å². The lowest BCUT2D eigenvalue weighted by Crippen LogP contribution is -2.59. The van der Waals surface area contributed by atoms with E-state index < -0.39 is 49.4 Å². The van der Waals surface area contributed by atoms with Gasteiger partial charge in [0.2, 0.25) is 6.29 Å². The molecule has 0 radical (unpaired) electrons. The normalized spacial score (nSPS) is 31.8. The van der Waals surface area contributed by atoms with Crippen LogP contribution in [0.2, 0.25) is 0 Å². The second kappa shape index (κ2) is 7.45. The second-order valence-electron chi connectivity index (χ2n) is 5.07. The summed E-state index contributed by atoms with van der Waals surface area (Å²) in [4.78, 5) is 3.33. The zero-order chi connectivity index (χ0) is 17.9. The number of hydrogen-bond acceptors (Lipinski definition) is 7. The van der Waals surface area contributed by atoms with Crippen molar-refractivity contribution in [1.29, 1.82) is 0 Å². The van der Waals surface area contributed by atoms with Crippen LogP contribution in [0.15, 0.2) is 35.3 Å². The number of aliphatic hydroxyl groups is 4. The summed E-state index contributed by atoms with van der Waals surface area (Å²) in [5.74, 6) is -1.70. The van der Waals surface area contributed by atoms with Crippen LogP contribution in [0.4, 0.5) is 18.9 Å². The number of halogens is 3. The first kappa shape index (κ1) is 18.6. The standard InChI is InChI=1S/C14H16F3NO6/c15-14(16,17)13(18-7-4-2-1-3-5-7)24-12-11(22)10(21)9(20)8(6-19)23-12/h1-5,8-12,19-22H,6H2/t8-,9-,10+,11-,12+/m1/s1. The van der Waals surface area contributed by atoms with Crippen molar-refractivity contribution in [3.05, 3.63) is 30.3 Å². The van der Waals surface area contributed by atoms with Gasteiger partial charge in [0.05, 0.1) is 12.3 Å². The minimum atomic E-state index is -4.99. The van der Waals surface area contributed by atoms with Crippen molar-refractivity contribution in [2.24, 2.45) is 4.99 Å². The summed E-state index contributed by atoms with van der Waals surface area (Å²) in [7, 11) is 0. The van der Waals surface area contributed by atoms with Crippen LogP contribution in [0.3, 0.4) is 0 Å². The Labute approximate surface area is 134 Å². The predicted molar refractivity (Wildman–Crippen MR) is 74.4 cm³/mol. The molecule has 1 fully saturated rings. The molecule has 0 aromatic heterocycles. The molecule has 0 saturated carbocycles. The first-order chi connectivity index (χ1) is 11.2. The molecule has 24 heavy (non-hydrogen) atoms. The molecule has 1 heterocycles. The zero-order valence-corrected chi connectivity index (χ0v) is 12.2. The van der Waals surface area contributed by atoms with Crippen molar-refractivity contribution in [2.75, 3.05) is 6.61 Å². The first-order valence-corrected chi connectivity index (χ1v) is 6.92. The third-order valence-electron chi connectivity index (χ3n) is 3.31. The average molecular weight is 351 g/mol. The third-order valence-corrected chi connectivity index (χ3v) is 3.31. The summed E-state index contributed by atoms with van der Waals surface area (Å²) in [6.45, 7) is -0.790. The van der Waals surface area contributed by atoms with Crippen molar-refractivity contribution in [1.82, 2.24) is 0 Å². The van der Waals surface area contributed by atoms with E-state index in [1.165, 1.54) is 24.3 Å². The molecular weight excluding hydrogens is 335 g/mol. The maximum absolute atomic E-state index is 13.1. The van der Waals surface area contributed by atoms with Crippen LogP contribution in [-0.4, -0.2) is 69.8 Å². The largest absolute Gasteiger partial charge is 0.468 e. The Morgan fingerprint density at radius 2 is 1.71 bits per heavy atom. The van der Waals surface area contributed by atoms with Crippen molar-refractivity contribution in [2.45, 2.75) is 36.9 Å². The number of aliphatic hydroxyl groups excluding tert-OH is 4. The van der Waals surface area contributed by atoms with Gasteiger partial charge in [-0.2, -0.15) is 13.2 Å². The van der Waals surface area contributed by atoms with Crippen LogP contribution in [-0.2, 0) is 9.47 Å². The minimum absolute atomic E-state index is 0.0468. The highest BCUT2D eigenvalue weighted by Crippen LogP contribution is 2.27. The number of benzene rings is 1. The van der Waals surface area contributed by atoms with E-state index in [4.69, 9.17) is 9.84 Å². The summed E-state index contributed by atoms with van der Waals surface area (Å²) in [6.07, 6.45) is -13.9. The fourth-order valence-electron chi connectivity index (χ4n) is 2.05. The van der Waals surface area contributed by atoms with Crippen LogP contribution < -0.4 is 0 Å². The molecule has 0 bridgehead atoms. The molecular formula is C14H16F3NO6. The molecule has 134 valence electrons. The molecule has 0 spiro atoms. The summed E-state index contributed by atoms with van der Waals surface area (Å²) in [6, 6.07) is 7.15. The number of nitrogens with zero attached hydrogens (tertiary/aromatic N) is 1. The molecule has 7 nitrogen and oxygen atoms in total. The summed E-state index contributed by atoms with van der Waals surface area (Å²) in [5, 5.41) is 37.9. The Balaban J connectivity index is 2.25. The van der Waals surface area contributed by atoms with E-state index in [9.17, 15) is 28.5 Å². The Kier molecular flexibility index (Phi) is 5.78. The molecule has 1 aromatic carbocycles. The predicted octanol–water partition coefficient (Wildman–Crippen LogP) is 0.0954. The van der Waals surface area contributed by atoms with Crippen LogP contribution in [0.5, 0.6) is 0 Å². The summed E-state index contributed by atoms with van der Waals surface area (Å²) in [5.41, 5.74) is -0.0468. The Bertz CT molecular complexity index is 565. The van der Waals surface area contributed by atoms with Gasteiger partial charge in [0, 0.05) is 0 Å². The van der Waals surface area contributed by atoms with Crippen molar-refractivity contribution >= 4 is 11.6 Å². The molecule has 0 unspecified atom stereocenters. The number of rotatable bonds is 3. The van der Waals surface area contributed by atoms with Crippen LogP contribution in [0.1, 0.15) is 0 Å². The lowest BCUT2D eigenvalue weighted by molar-refractivity contribution is -0.285. The van der Waals surface area contributed by atoms with Gasteiger partial charge < -0.3 is 29.9 Å². The van der Waals surface area contributed by atoms with Gasteiger partial charge in [-0.05, 0) is 12.1 Å². The Hall–Kier alpha value is -1.72. The number of para-hydroxylation sites is 1. The minimum Gasteiger partial charge on any atom is -0.441 e. The lowest BCUT2D eigenvalue weighted by atomic mass is 9.99.